The number of hydrogen-bond acceptors (Lipinski definition) is 0. The zero-order chi connectivity index (χ0) is 8.93. The van der Waals surface area contributed by atoms with Crippen LogP contribution < -0.4 is 10.4 Å². The van der Waals surface area contributed by atoms with Crippen LogP contribution in [0.3, 0.4) is 0 Å². The van der Waals surface area contributed by atoms with Gasteiger partial charge in [-0.3, -0.25) is 9.52 Å². The van der Waals surface area contributed by atoms with Gasteiger partial charge in [-0.15, -0.1) is 0 Å². The molecule has 0 aliphatic rings. The molecule has 0 spiro atoms. The van der Waals surface area contributed by atoms with Crippen LogP contribution in [-0.4, -0.2) is 9.52 Å². The van der Waals surface area contributed by atoms with Gasteiger partial charge in [-0.1, -0.05) is 60.7 Å². The van der Waals surface area contributed by atoms with E-state index in [1.165, 1.54) is 10.4 Å². The zero-order valence-electron chi connectivity index (χ0n) is 7.35. The first-order valence-corrected chi connectivity index (χ1v) is 5.55. The molecule has 2 rings (SSSR count). The van der Waals surface area contributed by atoms with Crippen LogP contribution >= 0.6 is 0 Å². The van der Waals surface area contributed by atoms with Gasteiger partial charge in [0.15, 0.2) is 0 Å². The summed E-state index contributed by atoms with van der Waals surface area (Å²) in [6.45, 7) is 0. The first-order valence-electron chi connectivity index (χ1n) is 4.40. The van der Waals surface area contributed by atoms with Crippen molar-refractivity contribution in [2.45, 2.75) is 0 Å². The lowest BCUT2D eigenvalue weighted by Crippen LogP contribution is -2.26. The van der Waals surface area contributed by atoms with E-state index in [9.17, 15) is 0 Å². The van der Waals surface area contributed by atoms with E-state index in [-0.39, 0.29) is 9.52 Å². The van der Waals surface area contributed by atoms with Gasteiger partial charge in [0.25, 0.3) is 0 Å². The lowest BCUT2D eigenvalue weighted by molar-refractivity contribution is 1.75. The van der Waals surface area contributed by atoms with Gasteiger partial charge < -0.3 is 0 Å². The summed E-state index contributed by atoms with van der Waals surface area (Å²) < 4.78 is 0. The first-order chi connectivity index (χ1) is 6.45. The standard InChI is InChI=1S/C12H11Si/c1-3-7-11(8-4-1)13-12-9-5-2-6-10-12/h1-10,13H/q-1. The Kier molecular flexibility index (Phi) is 2.58. The van der Waals surface area contributed by atoms with Gasteiger partial charge in [0.05, 0.1) is 0 Å². The van der Waals surface area contributed by atoms with Gasteiger partial charge >= 0.3 is 0 Å². The summed E-state index contributed by atoms with van der Waals surface area (Å²) in [6.07, 6.45) is 0. The molecular weight excluding hydrogens is 172 g/mol. The second-order valence-electron chi connectivity index (χ2n) is 2.97. The summed E-state index contributed by atoms with van der Waals surface area (Å²) in [5.74, 6) is 0. The quantitative estimate of drug-likeness (QED) is 0.611. The Balaban J connectivity index is 2.16. The molecule has 0 aromatic heterocycles. The fraction of sp³-hybridized carbons (Fsp3) is 0. The third kappa shape index (κ3) is 2.29. The molecule has 0 unspecified atom stereocenters. The maximum absolute atomic E-state index is 2.20. The Hall–Kier alpha value is -1.34. The van der Waals surface area contributed by atoms with Gasteiger partial charge in [-0.05, 0) is 0 Å². The van der Waals surface area contributed by atoms with Gasteiger partial charge in [0.2, 0.25) is 0 Å². The molecule has 2 aromatic rings. The van der Waals surface area contributed by atoms with Crippen molar-refractivity contribution in [2.24, 2.45) is 0 Å². The maximum atomic E-state index is 2.20. The van der Waals surface area contributed by atoms with Crippen LogP contribution in [0.25, 0.3) is 0 Å². The molecule has 0 N–H and O–H groups in total. The monoisotopic (exact) mass is 183 g/mol. The van der Waals surface area contributed by atoms with Crippen molar-refractivity contribution in [3.63, 3.8) is 0 Å². The average Bonchev–Trinajstić information content (AvgIpc) is 2.21. The van der Waals surface area contributed by atoms with E-state index in [0.29, 0.717) is 0 Å². The van der Waals surface area contributed by atoms with Crippen LogP contribution in [-0.2, 0) is 0 Å². The summed E-state index contributed by atoms with van der Waals surface area (Å²) in [4.78, 5) is 0. The van der Waals surface area contributed by atoms with Gasteiger partial charge in [-0.2, -0.15) is 10.4 Å². The van der Waals surface area contributed by atoms with Gasteiger partial charge in [0, 0.05) is 0 Å². The Morgan fingerprint density at radius 3 is 1.31 bits per heavy atom. The highest BCUT2D eigenvalue weighted by Crippen LogP contribution is 1.84. The average molecular weight is 183 g/mol. The van der Waals surface area contributed by atoms with Crippen molar-refractivity contribution in [3.05, 3.63) is 60.7 Å². The van der Waals surface area contributed by atoms with Crippen molar-refractivity contribution < 1.29 is 0 Å². The van der Waals surface area contributed by atoms with E-state index < -0.39 is 0 Å². The third-order valence-corrected chi connectivity index (χ3v) is 3.37. The van der Waals surface area contributed by atoms with E-state index in [0.717, 1.165) is 0 Å². The molecule has 0 nitrogen and oxygen atoms in total. The van der Waals surface area contributed by atoms with Crippen molar-refractivity contribution >= 4 is 19.9 Å². The molecule has 0 fully saturated rings. The Bertz CT molecular complexity index is 316. The highest BCUT2D eigenvalue weighted by atomic mass is 28.2. The molecular formula is C12H11Si-. The predicted octanol–water partition coefficient (Wildman–Crippen LogP) is 1.07. The normalized spacial score (nSPS) is 9.54. The van der Waals surface area contributed by atoms with Gasteiger partial charge in [0.1, 0.15) is 0 Å². The maximum Gasteiger partial charge on any atom is -0.0625 e. The van der Waals surface area contributed by atoms with Crippen molar-refractivity contribution in [3.8, 4) is 0 Å². The molecule has 0 atom stereocenters. The molecule has 0 aliphatic carbocycles. The summed E-state index contributed by atoms with van der Waals surface area (Å²) in [6, 6.07) is 21.3. The molecule has 0 bridgehead atoms. The fourth-order valence-corrected chi connectivity index (χ4v) is 2.51. The largest absolute Gasteiger partial charge is 0.269 e. The smallest absolute Gasteiger partial charge is 0.0625 e. The molecule has 0 aliphatic heterocycles. The summed E-state index contributed by atoms with van der Waals surface area (Å²) in [7, 11) is 0.271. The van der Waals surface area contributed by atoms with E-state index in [1.807, 2.05) is 0 Å². The molecule has 1 heteroatoms. The zero-order valence-corrected chi connectivity index (χ0v) is 8.51. The highest BCUT2D eigenvalue weighted by Gasteiger charge is 1.80. The molecule has 0 radical (unpaired) electrons. The van der Waals surface area contributed by atoms with E-state index >= 15 is 0 Å². The lowest BCUT2D eigenvalue weighted by atomic mass is 10.4. The van der Waals surface area contributed by atoms with E-state index in [2.05, 4.69) is 60.7 Å². The minimum atomic E-state index is 0.271. The second kappa shape index (κ2) is 4.05. The van der Waals surface area contributed by atoms with E-state index in [1.54, 1.807) is 0 Å². The fourth-order valence-electron chi connectivity index (χ4n) is 1.29. The van der Waals surface area contributed by atoms with Crippen LogP contribution in [0.15, 0.2) is 60.7 Å². The topological polar surface area (TPSA) is 0 Å². The summed E-state index contributed by atoms with van der Waals surface area (Å²) in [5, 5.41) is 2.90. The summed E-state index contributed by atoms with van der Waals surface area (Å²) >= 11 is 0. The minimum absolute atomic E-state index is 0.271. The van der Waals surface area contributed by atoms with Crippen LogP contribution in [0.2, 0.25) is 0 Å². The SMILES string of the molecule is c1ccc([SiH-]c2ccccc2)cc1. The second-order valence-corrected chi connectivity index (χ2v) is 4.59. The Morgan fingerprint density at radius 1 is 0.538 bits per heavy atom. The van der Waals surface area contributed by atoms with Crippen molar-refractivity contribution in [1.82, 2.24) is 0 Å². The minimum Gasteiger partial charge on any atom is -0.269 e. The van der Waals surface area contributed by atoms with Crippen LogP contribution in [0.4, 0.5) is 0 Å². The van der Waals surface area contributed by atoms with Crippen LogP contribution in [0.5, 0.6) is 0 Å². The first kappa shape index (κ1) is 8.26. The van der Waals surface area contributed by atoms with Gasteiger partial charge in [-0.25, -0.2) is 0 Å². The van der Waals surface area contributed by atoms with Crippen LogP contribution in [0, 0.1) is 0 Å². The molecule has 2 aromatic carbocycles. The molecule has 0 saturated carbocycles. The Morgan fingerprint density at radius 2 is 0.923 bits per heavy atom. The molecule has 0 saturated heterocycles. The lowest BCUT2D eigenvalue weighted by Gasteiger charge is -2.13. The number of rotatable bonds is 2. The summed E-state index contributed by atoms with van der Waals surface area (Å²) in [5.41, 5.74) is 0. The molecule has 0 amide bonds. The molecule has 13 heavy (non-hydrogen) atoms. The highest BCUT2D eigenvalue weighted by molar-refractivity contribution is 6.67. The predicted molar refractivity (Wildman–Crippen MR) is 59.3 cm³/mol. The number of benzene rings is 2. The van der Waals surface area contributed by atoms with Crippen LogP contribution in [0.1, 0.15) is 0 Å². The molecule has 64 valence electrons. The third-order valence-electron chi connectivity index (χ3n) is 1.93. The Labute approximate surface area is 81.1 Å². The van der Waals surface area contributed by atoms with Crippen molar-refractivity contribution in [2.75, 3.05) is 0 Å². The van der Waals surface area contributed by atoms with Crippen molar-refractivity contribution in [1.29, 1.82) is 0 Å². The number of hydrogen-bond donors (Lipinski definition) is 0. The van der Waals surface area contributed by atoms with E-state index in [4.69, 9.17) is 0 Å². The molecule has 0 heterocycles.